The number of hydrogen-bond donors (Lipinski definition) is 2. The normalized spacial score (nSPS) is 25.7. The van der Waals surface area contributed by atoms with Crippen LogP contribution in [0.5, 0.6) is 0 Å². The molecule has 1 fully saturated rings. The van der Waals surface area contributed by atoms with Crippen molar-refractivity contribution in [2.24, 2.45) is 11.7 Å². The fourth-order valence-corrected chi connectivity index (χ4v) is 1.30. The maximum Gasteiger partial charge on any atom is 0.230 e. The van der Waals surface area contributed by atoms with Crippen LogP contribution in [0.15, 0.2) is 0 Å². The maximum atomic E-state index is 11.0. The van der Waals surface area contributed by atoms with Crippen molar-refractivity contribution >= 4 is 11.8 Å². The molecule has 4 heteroatoms. The van der Waals surface area contributed by atoms with E-state index in [9.17, 15) is 9.59 Å². The number of amides is 2. The van der Waals surface area contributed by atoms with Gasteiger partial charge in [-0.15, -0.1) is 0 Å². The highest BCUT2D eigenvalue weighted by Crippen LogP contribution is 2.17. The van der Waals surface area contributed by atoms with Gasteiger partial charge in [-0.25, -0.2) is 0 Å². The smallest absolute Gasteiger partial charge is 0.230 e. The van der Waals surface area contributed by atoms with Crippen molar-refractivity contribution in [2.75, 3.05) is 0 Å². The Labute approximate surface area is 71.5 Å². The van der Waals surface area contributed by atoms with E-state index in [2.05, 4.69) is 5.32 Å². The van der Waals surface area contributed by atoms with E-state index in [1.165, 1.54) is 0 Å². The summed E-state index contributed by atoms with van der Waals surface area (Å²) in [5, 5.41) is 2.27. The standard InChI is InChI=1S/C8H14N2O2/c1-5(9)2-3-6-4-7(11)10-8(6)12/h5-6H,2-4,9H2,1H3,(H,10,11,12). The molecule has 3 N–H and O–H groups in total. The summed E-state index contributed by atoms with van der Waals surface area (Å²) in [6.45, 7) is 1.90. The molecule has 0 aromatic carbocycles. The van der Waals surface area contributed by atoms with Crippen molar-refractivity contribution in [1.29, 1.82) is 0 Å². The molecule has 1 heterocycles. The summed E-state index contributed by atoms with van der Waals surface area (Å²) >= 11 is 0. The summed E-state index contributed by atoms with van der Waals surface area (Å²) in [7, 11) is 0. The Bertz CT molecular complexity index is 201. The van der Waals surface area contributed by atoms with Crippen LogP contribution >= 0.6 is 0 Å². The van der Waals surface area contributed by atoms with Gasteiger partial charge in [-0.2, -0.15) is 0 Å². The predicted octanol–water partition coefficient (Wildman–Crippen LogP) is -0.223. The Morgan fingerprint density at radius 1 is 1.67 bits per heavy atom. The highest BCUT2D eigenvalue weighted by Gasteiger charge is 2.29. The van der Waals surface area contributed by atoms with Crippen LogP contribution < -0.4 is 11.1 Å². The summed E-state index contributed by atoms with van der Waals surface area (Å²) in [4.78, 5) is 21.8. The molecule has 12 heavy (non-hydrogen) atoms. The van der Waals surface area contributed by atoms with Gasteiger partial charge in [0.25, 0.3) is 0 Å². The van der Waals surface area contributed by atoms with Crippen molar-refractivity contribution in [3.63, 3.8) is 0 Å². The molecule has 0 bridgehead atoms. The summed E-state index contributed by atoms with van der Waals surface area (Å²) in [6.07, 6.45) is 1.85. The van der Waals surface area contributed by atoms with E-state index < -0.39 is 0 Å². The Morgan fingerprint density at radius 2 is 2.33 bits per heavy atom. The first-order valence-corrected chi connectivity index (χ1v) is 4.19. The monoisotopic (exact) mass is 170 g/mol. The molecule has 2 unspecified atom stereocenters. The molecular formula is C8H14N2O2. The highest BCUT2D eigenvalue weighted by molar-refractivity contribution is 6.03. The largest absolute Gasteiger partial charge is 0.328 e. The fraction of sp³-hybridized carbons (Fsp3) is 0.750. The Balaban J connectivity index is 2.33. The van der Waals surface area contributed by atoms with Crippen molar-refractivity contribution in [1.82, 2.24) is 5.32 Å². The fourth-order valence-electron chi connectivity index (χ4n) is 1.30. The van der Waals surface area contributed by atoms with E-state index >= 15 is 0 Å². The van der Waals surface area contributed by atoms with Crippen LogP contribution in [-0.2, 0) is 9.59 Å². The molecule has 1 aliphatic heterocycles. The van der Waals surface area contributed by atoms with Crippen molar-refractivity contribution in [3.8, 4) is 0 Å². The first-order valence-electron chi connectivity index (χ1n) is 4.19. The van der Waals surface area contributed by atoms with Crippen molar-refractivity contribution in [3.05, 3.63) is 0 Å². The lowest BCUT2D eigenvalue weighted by Gasteiger charge is -2.07. The second-order valence-corrected chi connectivity index (χ2v) is 3.37. The van der Waals surface area contributed by atoms with Crippen LogP contribution in [-0.4, -0.2) is 17.9 Å². The van der Waals surface area contributed by atoms with Gasteiger partial charge in [0.15, 0.2) is 0 Å². The van der Waals surface area contributed by atoms with E-state index in [0.717, 1.165) is 12.8 Å². The van der Waals surface area contributed by atoms with Crippen molar-refractivity contribution in [2.45, 2.75) is 32.2 Å². The van der Waals surface area contributed by atoms with Gasteiger partial charge in [0, 0.05) is 18.4 Å². The lowest BCUT2D eigenvalue weighted by Crippen LogP contribution is -2.23. The summed E-state index contributed by atoms with van der Waals surface area (Å²) in [6, 6.07) is 0.105. The molecule has 0 aromatic rings. The number of carbonyl (C=O) groups excluding carboxylic acids is 2. The third-order valence-electron chi connectivity index (χ3n) is 2.04. The molecule has 2 amide bonds. The second-order valence-electron chi connectivity index (χ2n) is 3.37. The molecule has 68 valence electrons. The van der Waals surface area contributed by atoms with Gasteiger partial charge in [-0.05, 0) is 19.8 Å². The first-order chi connectivity index (χ1) is 5.59. The van der Waals surface area contributed by atoms with Gasteiger partial charge >= 0.3 is 0 Å². The SMILES string of the molecule is CC(N)CCC1CC(=O)NC1=O. The number of rotatable bonds is 3. The van der Waals surface area contributed by atoms with Crippen LogP contribution in [0.3, 0.4) is 0 Å². The molecule has 0 spiro atoms. The summed E-state index contributed by atoms with van der Waals surface area (Å²) < 4.78 is 0. The van der Waals surface area contributed by atoms with Gasteiger partial charge in [-0.1, -0.05) is 0 Å². The summed E-state index contributed by atoms with van der Waals surface area (Å²) in [5.41, 5.74) is 5.53. The Morgan fingerprint density at radius 3 is 2.75 bits per heavy atom. The minimum Gasteiger partial charge on any atom is -0.328 e. The minimum atomic E-state index is -0.158. The lowest BCUT2D eigenvalue weighted by molar-refractivity contribution is -0.125. The van der Waals surface area contributed by atoms with E-state index in [1.807, 2.05) is 6.92 Å². The molecule has 1 rings (SSSR count). The highest BCUT2D eigenvalue weighted by atomic mass is 16.2. The molecule has 0 radical (unpaired) electrons. The molecule has 0 saturated carbocycles. The second kappa shape index (κ2) is 3.67. The number of nitrogens with two attached hydrogens (primary N) is 1. The Hall–Kier alpha value is -0.900. The molecule has 2 atom stereocenters. The summed E-state index contributed by atoms with van der Waals surface area (Å²) in [5.74, 6) is -0.432. The minimum absolute atomic E-state index is 0.105. The van der Waals surface area contributed by atoms with E-state index in [0.29, 0.717) is 6.42 Å². The average molecular weight is 170 g/mol. The van der Waals surface area contributed by atoms with Crippen LogP contribution in [0, 0.1) is 5.92 Å². The van der Waals surface area contributed by atoms with E-state index in [-0.39, 0.29) is 23.8 Å². The predicted molar refractivity (Wildman–Crippen MR) is 44.1 cm³/mol. The van der Waals surface area contributed by atoms with E-state index in [1.54, 1.807) is 0 Å². The number of nitrogens with one attached hydrogen (secondary N) is 1. The number of imide groups is 1. The van der Waals surface area contributed by atoms with Crippen LogP contribution in [0.25, 0.3) is 0 Å². The number of hydrogen-bond acceptors (Lipinski definition) is 3. The quantitative estimate of drug-likeness (QED) is 0.575. The average Bonchev–Trinajstić information content (AvgIpc) is 2.26. The Kier molecular flexibility index (Phi) is 2.81. The molecule has 4 nitrogen and oxygen atoms in total. The van der Waals surface area contributed by atoms with Gasteiger partial charge in [-0.3, -0.25) is 14.9 Å². The van der Waals surface area contributed by atoms with Crippen LogP contribution in [0.2, 0.25) is 0 Å². The molecule has 1 saturated heterocycles. The van der Waals surface area contributed by atoms with Crippen LogP contribution in [0.1, 0.15) is 26.2 Å². The number of carbonyl (C=O) groups is 2. The van der Waals surface area contributed by atoms with Gasteiger partial charge in [0.1, 0.15) is 0 Å². The third-order valence-corrected chi connectivity index (χ3v) is 2.04. The van der Waals surface area contributed by atoms with Crippen LogP contribution in [0.4, 0.5) is 0 Å². The topological polar surface area (TPSA) is 72.2 Å². The molecule has 1 aliphatic rings. The van der Waals surface area contributed by atoms with Gasteiger partial charge in [0.2, 0.25) is 11.8 Å². The maximum absolute atomic E-state index is 11.0. The van der Waals surface area contributed by atoms with Crippen molar-refractivity contribution < 1.29 is 9.59 Å². The zero-order valence-electron chi connectivity index (χ0n) is 7.17. The third kappa shape index (κ3) is 2.30. The molecular weight excluding hydrogens is 156 g/mol. The zero-order chi connectivity index (χ0) is 9.14. The molecule has 0 aromatic heterocycles. The van der Waals surface area contributed by atoms with Gasteiger partial charge < -0.3 is 5.73 Å². The van der Waals surface area contributed by atoms with E-state index in [4.69, 9.17) is 5.73 Å². The van der Waals surface area contributed by atoms with Gasteiger partial charge in [0.05, 0.1) is 0 Å². The zero-order valence-corrected chi connectivity index (χ0v) is 7.17. The lowest BCUT2D eigenvalue weighted by atomic mass is 9.99. The first kappa shape index (κ1) is 9.19. The molecule has 0 aliphatic carbocycles.